The van der Waals surface area contributed by atoms with Crippen molar-refractivity contribution in [2.45, 2.75) is 26.4 Å². The van der Waals surface area contributed by atoms with Crippen molar-refractivity contribution in [3.8, 4) is 0 Å². The summed E-state index contributed by atoms with van der Waals surface area (Å²) in [4.78, 5) is 19.1. The molecule has 0 radical (unpaired) electrons. The molecule has 0 spiro atoms. The van der Waals surface area contributed by atoms with Gasteiger partial charge in [-0.3, -0.25) is 0 Å². The molecule has 0 saturated heterocycles. The molecule has 1 amide bonds. The number of amides is 1. The molecule has 0 saturated carbocycles. The van der Waals surface area contributed by atoms with E-state index in [0.29, 0.717) is 18.9 Å². The zero-order valence-electron chi connectivity index (χ0n) is 10.9. The van der Waals surface area contributed by atoms with E-state index in [4.69, 9.17) is 10.5 Å². The molecule has 1 rings (SSSR count). The van der Waals surface area contributed by atoms with Crippen LogP contribution in [0.3, 0.4) is 0 Å². The lowest BCUT2D eigenvalue weighted by molar-refractivity contribution is 0.0530. The Morgan fingerprint density at radius 3 is 2.78 bits per heavy atom. The maximum absolute atomic E-state index is 11.3. The number of hydrogen-bond donors (Lipinski definition) is 3. The van der Waals surface area contributed by atoms with Crippen LogP contribution in [0.2, 0.25) is 0 Å². The van der Waals surface area contributed by atoms with Gasteiger partial charge in [-0.2, -0.15) is 4.98 Å². The minimum absolute atomic E-state index is 0.208. The van der Waals surface area contributed by atoms with Gasteiger partial charge in [-0.1, -0.05) is 0 Å². The summed E-state index contributed by atoms with van der Waals surface area (Å²) in [5.41, 5.74) is 4.94. The minimum atomic E-state index is -0.487. The summed E-state index contributed by atoms with van der Waals surface area (Å²) in [7, 11) is 0. The molecule has 1 aromatic heterocycles. The zero-order chi connectivity index (χ0) is 13.6. The number of hydrogen-bond acceptors (Lipinski definition) is 6. The summed E-state index contributed by atoms with van der Waals surface area (Å²) in [5, 5.41) is 5.63. The van der Waals surface area contributed by atoms with Crippen molar-refractivity contribution in [1.82, 2.24) is 15.3 Å². The predicted octanol–water partition coefficient (Wildman–Crippen LogP) is 0.995. The molecule has 18 heavy (non-hydrogen) atoms. The van der Waals surface area contributed by atoms with Gasteiger partial charge in [-0.15, -0.1) is 0 Å². The van der Waals surface area contributed by atoms with Crippen molar-refractivity contribution in [3.63, 3.8) is 0 Å². The van der Waals surface area contributed by atoms with E-state index in [-0.39, 0.29) is 5.95 Å². The highest BCUT2D eigenvalue weighted by molar-refractivity contribution is 5.67. The highest BCUT2D eigenvalue weighted by atomic mass is 16.6. The van der Waals surface area contributed by atoms with Crippen LogP contribution in [-0.4, -0.2) is 34.8 Å². The van der Waals surface area contributed by atoms with Crippen molar-refractivity contribution in [3.05, 3.63) is 12.3 Å². The first-order valence-electron chi connectivity index (χ1n) is 5.66. The molecule has 4 N–H and O–H groups in total. The number of nitrogens with zero attached hydrogens (tertiary/aromatic N) is 2. The molecule has 1 heterocycles. The molecule has 7 nitrogen and oxygen atoms in total. The van der Waals surface area contributed by atoms with E-state index in [1.54, 1.807) is 12.3 Å². The second-order valence-electron chi connectivity index (χ2n) is 4.66. The van der Waals surface area contributed by atoms with Crippen LogP contribution >= 0.6 is 0 Å². The summed E-state index contributed by atoms with van der Waals surface area (Å²) in [6.07, 6.45) is 1.12. The number of nitrogens with one attached hydrogen (secondary N) is 2. The first-order chi connectivity index (χ1) is 8.37. The Kier molecular flexibility index (Phi) is 4.70. The molecule has 0 aliphatic heterocycles. The van der Waals surface area contributed by atoms with Crippen molar-refractivity contribution in [1.29, 1.82) is 0 Å². The van der Waals surface area contributed by atoms with Gasteiger partial charge in [0, 0.05) is 19.3 Å². The lowest BCUT2D eigenvalue weighted by Gasteiger charge is -2.19. The Hall–Kier alpha value is -2.05. The van der Waals surface area contributed by atoms with Gasteiger partial charge >= 0.3 is 6.09 Å². The third-order valence-corrected chi connectivity index (χ3v) is 1.77. The van der Waals surface area contributed by atoms with E-state index in [0.717, 1.165) is 0 Å². The molecule has 7 heteroatoms. The third-order valence-electron chi connectivity index (χ3n) is 1.77. The second kappa shape index (κ2) is 6.04. The molecule has 0 atom stereocenters. The fourth-order valence-corrected chi connectivity index (χ4v) is 1.14. The average molecular weight is 253 g/mol. The first kappa shape index (κ1) is 14.0. The Morgan fingerprint density at radius 2 is 2.17 bits per heavy atom. The molecular formula is C11H19N5O2. The first-order valence-corrected chi connectivity index (χ1v) is 5.66. The van der Waals surface area contributed by atoms with Crippen LogP contribution in [0, 0.1) is 0 Å². The molecule has 0 aromatic carbocycles. The molecule has 1 aromatic rings. The van der Waals surface area contributed by atoms with E-state index in [1.807, 2.05) is 20.8 Å². The Bertz CT molecular complexity index is 403. The van der Waals surface area contributed by atoms with E-state index >= 15 is 0 Å². The third kappa shape index (κ3) is 5.88. The van der Waals surface area contributed by atoms with Gasteiger partial charge in [0.25, 0.3) is 0 Å². The standard InChI is InChI=1S/C11H19N5O2/c1-11(2,3)18-10(17)15-7-6-13-8-4-5-14-9(12)16-8/h4-5H,6-7H2,1-3H3,(H,15,17)(H3,12,13,14,16). The second-order valence-corrected chi connectivity index (χ2v) is 4.66. The molecule has 100 valence electrons. The Balaban J connectivity index is 2.21. The Morgan fingerprint density at radius 1 is 1.44 bits per heavy atom. The van der Waals surface area contributed by atoms with E-state index in [2.05, 4.69) is 20.6 Å². The maximum atomic E-state index is 11.3. The van der Waals surface area contributed by atoms with Crippen molar-refractivity contribution in [2.75, 3.05) is 24.1 Å². The smallest absolute Gasteiger partial charge is 0.407 e. The van der Waals surface area contributed by atoms with Gasteiger partial charge in [-0.25, -0.2) is 9.78 Å². The number of nitrogens with two attached hydrogens (primary N) is 1. The largest absolute Gasteiger partial charge is 0.444 e. The zero-order valence-corrected chi connectivity index (χ0v) is 10.9. The number of ether oxygens (including phenoxy) is 1. The lowest BCUT2D eigenvalue weighted by atomic mass is 10.2. The number of rotatable bonds is 4. The van der Waals surface area contributed by atoms with Crippen molar-refractivity contribution >= 4 is 17.9 Å². The Labute approximate surface area is 106 Å². The SMILES string of the molecule is CC(C)(C)OC(=O)NCCNc1ccnc(N)n1. The minimum Gasteiger partial charge on any atom is -0.444 e. The summed E-state index contributed by atoms with van der Waals surface area (Å²) in [6.45, 7) is 6.39. The topological polar surface area (TPSA) is 102 Å². The summed E-state index contributed by atoms with van der Waals surface area (Å²) in [6, 6.07) is 1.70. The number of anilines is 2. The summed E-state index contributed by atoms with van der Waals surface area (Å²) < 4.78 is 5.09. The number of nitrogen functional groups attached to an aromatic ring is 1. The van der Waals surface area contributed by atoms with Gasteiger partial charge < -0.3 is 21.1 Å². The van der Waals surface area contributed by atoms with Crippen LogP contribution in [0.15, 0.2) is 12.3 Å². The highest BCUT2D eigenvalue weighted by Gasteiger charge is 2.15. The van der Waals surface area contributed by atoms with Crippen LogP contribution in [0.4, 0.5) is 16.6 Å². The quantitative estimate of drug-likeness (QED) is 0.692. The highest BCUT2D eigenvalue weighted by Crippen LogP contribution is 2.06. The molecule has 0 aliphatic rings. The van der Waals surface area contributed by atoms with Gasteiger partial charge in [0.1, 0.15) is 11.4 Å². The average Bonchev–Trinajstić information content (AvgIpc) is 2.22. The van der Waals surface area contributed by atoms with Gasteiger partial charge in [0.15, 0.2) is 0 Å². The van der Waals surface area contributed by atoms with Crippen molar-refractivity contribution < 1.29 is 9.53 Å². The van der Waals surface area contributed by atoms with Crippen LogP contribution in [-0.2, 0) is 4.74 Å². The molecule has 0 unspecified atom stereocenters. The fourth-order valence-electron chi connectivity index (χ4n) is 1.14. The van der Waals surface area contributed by atoms with Crippen molar-refractivity contribution in [2.24, 2.45) is 0 Å². The van der Waals surface area contributed by atoms with Gasteiger partial charge in [0.2, 0.25) is 5.95 Å². The van der Waals surface area contributed by atoms with Crippen LogP contribution < -0.4 is 16.4 Å². The maximum Gasteiger partial charge on any atom is 0.407 e. The predicted molar refractivity (Wildman–Crippen MR) is 69.2 cm³/mol. The number of aromatic nitrogens is 2. The lowest BCUT2D eigenvalue weighted by Crippen LogP contribution is -2.35. The monoisotopic (exact) mass is 253 g/mol. The summed E-state index contributed by atoms with van der Waals surface area (Å²) >= 11 is 0. The van der Waals surface area contributed by atoms with Gasteiger partial charge in [0.05, 0.1) is 0 Å². The molecule has 0 bridgehead atoms. The van der Waals surface area contributed by atoms with Crippen LogP contribution in [0.5, 0.6) is 0 Å². The van der Waals surface area contributed by atoms with E-state index < -0.39 is 11.7 Å². The van der Waals surface area contributed by atoms with E-state index in [9.17, 15) is 4.79 Å². The van der Waals surface area contributed by atoms with Crippen LogP contribution in [0.25, 0.3) is 0 Å². The van der Waals surface area contributed by atoms with E-state index in [1.165, 1.54) is 0 Å². The summed E-state index contributed by atoms with van der Waals surface area (Å²) in [5.74, 6) is 0.827. The molecular weight excluding hydrogens is 234 g/mol. The number of alkyl carbamates (subject to hydrolysis) is 1. The number of carbonyl (C=O) groups is 1. The normalized spacial score (nSPS) is 10.8. The van der Waals surface area contributed by atoms with Crippen LogP contribution in [0.1, 0.15) is 20.8 Å². The fraction of sp³-hybridized carbons (Fsp3) is 0.545. The number of carbonyl (C=O) groups excluding carboxylic acids is 1. The van der Waals surface area contributed by atoms with Gasteiger partial charge in [-0.05, 0) is 26.8 Å². The molecule has 0 fully saturated rings. The molecule has 0 aliphatic carbocycles.